The molecule has 0 bridgehead atoms. The number of hydrogen-bond acceptors (Lipinski definition) is 3. The van der Waals surface area contributed by atoms with Crippen LogP contribution in [-0.4, -0.2) is 30.0 Å². The first-order valence-corrected chi connectivity index (χ1v) is 8.04. The van der Waals surface area contributed by atoms with E-state index in [1.54, 1.807) is 0 Å². The van der Waals surface area contributed by atoms with E-state index in [4.69, 9.17) is 17.3 Å². The van der Waals surface area contributed by atoms with Crippen molar-refractivity contribution in [2.45, 2.75) is 12.5 Å². The number of benzene rings is 1. The lowest BCUT2D eigenvalue weighted by atomic mass is 10.1. The molecule has 1 atom stereocenters. The van der Waals surface area contributed by atoms with Gasteiger partial charge in [-0.2, -0.15) is 0 Å². The van der Waals surface area contributed by atoms with Crippen LogP contribution < -0.4 is 5.73 Å². The van der Waals surface area contributed by atoms with Gasteiger partial charge < -0.3 is 5.73 Å². The zero-order valence-corrected chi connectivity index (χ0v) is 14.3. The number of aromatic nitrogens is 1. The lowest BCUT2D eigenvalue weighted by molar-refractivity contribution is 0.252. The topological polar surface area (TPSA) is 42.2 Å². The fraction of sp³-hybridized carbons (Fsp3) is 0.312. The molecule has 2 rings (SSSR count). The van der Waals surface area contributed by atoms with Gasteiger partial charge in [0.2, 0.25) is 0 Å². The summed E-state index contributed by atoms with van der Waals surface area (Å²) in [5.74, 6) is 0. The highest BCUT2D eigenvalue weighted by Gasteiger charge is 2.16. The Balaban J connectivity index is 2.04. The second-order valence-electron chi connectivity index (χ2n) is 4.98. The molecule has 5 heteroatoms. The summed E-state index contributed by atoms with van der Waals surface area (Å²) in [6.45, 7) is 1.46. The Morgan fingerprint density at radius 2 is 2.14 bits per heavy atom. The average molecular weight is 369 g/mol. The fourth-order valence-corrected chi connectivity index (χ4v) is 2.80. The van der Waals surface area contributed by atoms with Gasteiger partial charge in [-0.1, -0.05) is 23.7 Å². The number of halogens is 2. The van der Waals surface area contributed by atoms with Crippen LogP contribution in [0.2, 0.25) is 5.02 Å². The predicted octanol–water partition coefficient (Wildman–Crippen LogP) is 3.67. The van der Waals surface area contributed by atoms with Crippen molar-refractivity contribution in [2.24, 2.45) is 5.73 Å². The van der Waals surface area contributed by atoms with E-state index in [0.717, 1.165) is 28.7 Å². The second kappa shape index (κ2) is 7.90. The predicted molar refractivity (Wildman–Crippen MR) is 91.5 cm³/mol. The third-order valence-electron chi connectivity index (χ3n) is 3.53. The lowest BCUT2D eigenvalue weighted by Gasteiger charge is -2.27. The Bertz CT molecular complexity index is 577. The highest BCUT2D eigenvalue weighted by molar-refractivity contribution is 9.10. The van der Waals surface area contributed by atoms with Gasteiger partial charge >= 0.3 is 0 Å². The molecule has 0 aliphatic heterocycles. The molecular formula is C16H19BrClN3. The van der Waals surface area contributed by atoms with Crippen molar-refractivity contribution in [3.05, 3.63) is 63.3 Å². The number of nitrogens with two attached hydrogens (primary N) is 1. The molecule has 0 amide bonds. The largest absolute Gasteiger partial charge is 0.329 e. The molecule has 0 aliphatic carbocycles. The molecule has 0 saturated heterocycles. The Kier molecular flexibility index (Phi) is 6.18. The second-order valence-corrected chi connectivity index (χ2v) is 6.24. The fourth-order valence-electron chi connectivity index (χ4n) is 2.28. The van der Waals surface area contributed by atoms with Gasteiger partial charge in [0.05, 0.1) is 5.02 Å². The molecule has 3 nitrogen and oxygen atoms in total. The van der Waals surface area contributed by atoms with Crippen LogP contribution in [0.25, 0.3) is 0 Å². The molecule has 0 saturated carbocycles. The van der Waals surface area contributed by atoms with Gasteiger partial charge in [-0.25, -0.2) is 0 Å². The van der Waals surface area contributed by atoms with Crippen LogP contribution in [0.5, 0.6) is 0 Å². The number of hydrogen-bond donors (Lipinski definition) is 1. The van der Waals surface area contributed by atoms with Crippen molar-refractivity contribution in [2.75, 3.05) is 20.1 Å². The minimum Gasteiger partial charge on any atom is -0.329 e. The van der Waals surface area contributed by atoms with Crippen molar-refractivity contribution in [1.29, 1.82) is 0 Å². The van der Waals surface area contributed by atoms with Crippen LogP contribution in [0, 0.1) is 0 Å². The standard InChI is InChI=1S/C16H19BrClN3/c1-21(9-7-13-4-2-3-8-20-13)16(11-19)12-5-6-15(18)14(17)10-12/h2-6,8,10,16H,7,9,11,19H2,1H3. The molecule has 0 spiro atoms. The van der Waals surface area contributed by atoms with Gasteiger partial charge in [0.25, 0.3) is 0 Å². The smallest absolute Gasteiger partial charge is 0.0548 e. The summed E-state index contributed by atoms with van der Waals surface area (Å²) >= 11 is 9.52. The summed E-state index contributed by atoms with van der Waals surface area (Å²) in [5, 5.41) is 0.714. The zero-order valence-electron chi connectivity index (χ0n) is 12.0. The monoisotopic (exact) mass is 367 g/mol. The summed E-state index contributed by atoms with van der Waals surface area (Å²) < 4.78 is 0.901. The molecule has 0 fully saturated rings. The maximum Gasteiger partial charge on any atom is 0.0548 e. The Labute approximate surface area is 139 Å². The summed E-state index contributed by atoms with van der Waals surface area (Å²) in [5.41, 5.74) is 8.22. The van der Waals surface area contributed by atoms with E-state index >= 15 is 0 Å². The van der Waals surface area contributed by atoms with E-state index in [1.807, 2.05) is 42.6 Å². The van der Waals surface area contributed by atoms with Gasteiger partial charge in [0, 0.05) is 41.9 Å². The Morgan fingerprint density at radius 3 is 2.76 bits per heavy atom. The van der Waals surface area contributed by atoms with E-state index < -0.39 is 0 Å². The average Bonchev–Trinajstić information content (AvgIpc) is 2.50. The summed E-state index contributed by atoms with van der Waals surface area (Å²) in [7, 11) is 2.09. The van der Waals surface area contributed by atoms with Gasteiger partial charge in [0.1, 0.15) is 0 Å². The Hall–Kier alpha value is -0.940. The van der Waals surface area contributed by atoms with Crippen molar-refractivity contribution in [1.82, 2.24) is 9.88 Å². The molecule has 0 aliphatic rings. The first kappa shape index (κ1) is 16.4. The summed E-state index contributed by atoms with van der Waals surface area (Å²) in [4.78, 5) is 6.61. The highest BCUT2D eigenvalue weighted by Crippen LogP contribution is 2.27. The third kappa shape index (κ3) is 4.51. The first-order chi connectivity index (χ1) is 10.1. The lowest BCUT2D eigenvalue weighted by Crippen LogP contribution is -2.32. The Morgan fingerprint density at radius 1 is 1.33 bits per heavy atom. The molecule has 21 heavy (non-hydrogen) atoms. The normalized spacial score (nSPS) is 12.6. The van der Waals surface area contributed by atoms with Gasteiger partial charge in [-0.05, 0) is 52.8 Å². The van der Waals surface area contributed by atoms with E-state index in [1.165, 1.54) is 0 Å². The number of nitrogens with zero attached hydrogens (tertiary/aromatic N) is 2. The molecule has 1 heterocycles. The summed E-state index contributed by atoms with van der Waals surface area (Å²) in [6, 6.07) is 12.1. The van der Waals surface area contributed by atoms with Gasteiger partial charge in [0.15, 0.2) is 0 Å². The molecule has 112 valence electrons. The van der Waals surface area contributed by atoms with Crippen molar-refractivity contribution in [3.8, 4) is 0 Å². The molecule has 0 radical (unpaired) electrons. The van der Waals surface area contributed by atoms with Crippen molar-refractivity contribution >= 4 is 27.5 Å². The number of pyridine rings is 1. The van der Waals surface area contributed by atoms with Gasteiger partial charge in [-0.3, -0.25) is 9.88 Å². The van der Waals surface area contributed by atoms with Crippen molar-refractivity contribution in [3.63, 3.8) is 0 Å². The number of likely N-dealkylation sites (N-methyl/N-ethyl adjacent to an activating group) is 1. The van der Waals surface area contributed by atoms with Gasteiger partial charge in [-0.15, -0.1) is 0 Å². The molecule has 2 aromatic rings. The van der Waals surface area contributed by atoms with Crippen LogP contribution in [-0.2, 0) is 6.42 Å². The molecule has 2 N–H and O–H groups in total. The van der Waals surface area contributed by atoms with E-state index in [2.05, 4.69) is 32.9 Å². The molecule has 1 aromatic heterocycles. The van der Waals surface area contributed by atoms with E-state index in [-0.39, 0.29) is 6.04 Å². The maximum absolute atomic E-state index is 6.05. The van der Waals surface area contributed by atoms with Crippen LogP contribution in [0.4, 0.5) is 0 Å². The molecule has 1 unspecified atom stereocenters. The minimum absolute atomic E-state index is 0.169. The number of rotatable bonds is 6. The zero-order chi connectivity index (χ0) is 15.2. The third-order valence-corrected chi connectivity index (χ3v) is 4.74. The molecular weight excluding hydrogens is 350 g/mol. The van der Waals surface area contributed by atoms with E-state index in [0.29, 0.717) is 11.6 Å². The van der Waals surface area contributed by atoms with Crippen LogP contribution in [0.1, 0.15) is 17.3 Å². The summed E-state index contributed by atoms with van der Waals surface area (Å²) in [6.07, 6.45) is 2.73. The maximum atomic E-state index is 6.05. The molecule has 1 aromatic carbocycles. The highest BCUT2D eigenvalue weighted by atomic mass is 79.9. The van der Waals surface area contributed by atoms with Crippen LogP contribution in [0.3, 0.4) is 0 Å². The SMILES string of the molecule is CN(CCc1ccccn1)C(CN)c1ccc(Cl)c(Br)c1. The van der Waals surface area contributed by atoms with Crippen molar-refractivity contribution < 1.29 is 0 Å². The first-order valence-electron chi connectivity index (χ1n) is 6.87. The van der Waals surface area contributed by atoms with Crippen LogP contribution >= 0.6 is 27.5 Å². The minimum atomic E-state index is 0.169. The van der Waals surface area contributed by atoms with Crippen LogP contribution in [0.15, 0.2) is 47.1 Å². The van der Waals surface area contributed by atoms with E-state index in [9.17, 15) is 0 Å². The quantitative estimate of drug-likeness (QED) is 0.846.